The van der Waals surface area contributed by atoms with Crippen molar-refractivity contribution in [3.63, 3.8) is 0 Å². The van der Waals surface area contributed by atoms with Gasteiger partial charge in [0.1, 0.15) is 0 Å². The van der Waals surface area contributed by atoms with Crippen molar-refractivity contribution in [3.8, 4) is 0 Å². The molecule has 0 saturated heterocycles. The molecule has 0 spiro atoms. The largest absolute Gasteiger partial charge is 0.298 e. The Labute approximate surface area is 105 Å². The quantitative estimate of drug-likeness (QED) is 0.753. The zero-order chi connectivity index (χ0) is 12.8. The molecule has 0 saturated carbocycles. The van der Waals surface area contributed by atoms with Crippen molar-refractivity contribution in [1.29, 1.82) is 0 Å². The molecule has 1 rings (SSSR count). The Morgan fingerprint density at radius 2 is 1.65 bits per heavy atom. The molecule has 2 nitrogen and oxygen atoms in total. The van der Waals surface area contributed by atoms with Crippen LogP contribution in [0.15, 0.2) is 18.2 Å². The van der Waals surface area contributed by atoms with Crippen LogP contribution in [0.3, 0.4) is 0 Å². The first-order valence-electron chi connectivity index (χ1n) is 6.37. The molecule has 0 aliphatic heterocycles. The third-order valence-electron chi connectivity index (χ3n) is 3.31. The normalized spacial score (nSPS) is 10.9. The fraction of sp³-hybridized carbons (Fsp3) is 0.533. The molecule has 2 heteroatoms. The topological polar surface area (TPSA) is 20.3 Å². The van der Waals surface area contributed by atoms with Crippen LogP contribution in [0, 0.1) is 13.8 Å². The minimum atomic E-state index is 0.311. The monoisotopic (exact) mass is 233 g/mol. The van der Waals surface area contributed by atoms with Gasteiger partial charge in [-0.15, -0.1) is 0 Å². The van der Waals surface area contributed by atoms with Gasteiger partial charge in [0, 0.05) is 6.42 Å². The lowest BCUT2D eigenvalue weighted by Crippen LogP contribution is -2.30. The first kappa shape index (κ1) is 13.9. The molecule has 94 valence electrons. The first-order chi connectivity index (χ1) is 8.08. The average molecular weight is 233 g/mol. The Bertz CT molecular complexity index is 360. The van der Waals surface area contributed by atoms with E-state index >= 15 is 0 Å². The zero-order valence-corrected chi connectivity index (χ0v) is 11.4. The predicted octanol–water partition coefficient (Wildman–Crippen LogP) is 2.76. The van der Waals surface area contributed by atoms with E-state index in [2.05, 4.69) is 44.7 Å². The van der Waals surface area contributed by atoms with Crippen LogP contribution in [-0.4, -0.2) is 30.3 Å². The Morgan fingerprint density at radius 1 is 1.12 bits per heavy atom. The highest BCUT2D eigenvalue weighted by atomic mass is 16.1. The predicted molar refractivity (Wildman–Crippen MR) is 72.4 cm³/mol. The Kier molecular flexibility index (Phi) is 5.36. The lowest BCUT2D eigenvalue weighted by molar-refractivity contribution is -0.119. The maximum atomic E-state index is 12.0. The molecule has 0 aromatic heterocycles. The first-order valence-corrected chi connectivity index (χ1v) is 6.37. The van der Waals surface area contributed by atoms with Crippen LogP contribution in [0.25, 0.3) is 0 Å². The summed E-state index contributed by atoms with van der Waals surface area (Å²) in [7, 11) is 0. The molecule has 0 aliphatic rings. The highest BCUT2D eigenvalue weighted by Gasteiger charge is 2.11. The van der Waals surface area contributed by atoms with E-state index in [9.17, 15) is 4.79 Å². The standard InChI is InChI=1S/C15H23NO/c1-5-16(6-2)11-14(17)10-15-12(3)8-7-9-13(15)4/h7-9H,5-6,10-11H2,1-4H3. The third kappa shape index (κ3) is 3.97. The van der Waals surface area contributed by atoms with Crippen molar-refractivity contribution in [3.05, 3.63) is 34.9 Å². The van der Waals surface area contributed by atoms with E-state index in [1.165, 1.54) is 16.7 Å². The van der Waals surface area contributed by atoms with Crippen LogP contribution >= 0.6 is 0 Å². The van der Waals surface area contributed by atoms with Gasteiger partial charge in [-0.2, -0.15) is 0 Å². The maximum absolute atomic E-state index is 12.0. The lowest BCUT2D eigenvalue weighted by Gasteiger charge is -2.17. The Balaban J connectivity index is 2.68. The molecule has 17 heavy (non-hydrogen) atoms. The van der Waals surface area contributed by atoms with Gasteiger partial charge in [0.2, 0.25) is 0 Å². The van der Waals surface area contributed by atoms with Crippen LogP contribution in [0.2, 0.25) is 0 Å². The third-order valence-corrected chi connectivity index (χ3v) is 3.31. The van der Waals surface area contributed by atoms with E-state index in [4.69, 9.17) is 0 Å². The molecule has 0 heterocycles. The number of carbonyl (C=O) groups is 1. The number of aryl methyl sites for hydroxylation is 2. The summed E-state index contributed by atoms with van der Waals surface area (Å²) in [5.74, 6) is 0.311. The second kappa shape index (κ2) is 6.55. The Hall–Kier alpha value is -1.15. The number of nitrogens with zero attached hydrogens (tertiary/aromatic N) is 1. The number of rotatable bonds is 6. The zero-order valence-electron chi connectivity index (χ0n) is 11.4. The van der Waals surface area contributed by atoms with E-state index in [1.807, 2.05) is 6.07 Å². The minimum absolute atomic E-state index is 0.311. The molecule has 0 bridgehead atoms. The van der Waals surface area contributed by atoms with Crippen LogP contribution in [0.5, 0.6) is 0 Å². The van der Waals surface area contributed by atoms with Crippen molar-refractivity contribution in [2.45, 2.75) is 34.1 Å². The van der Waals surface area contributed by atoms with Gasteiger partial charge in [0.25, 0.3) is 0 Å². The number of hydrogen-bond acceptors (Lipinski definition) is 2. The number of hydrogen-bond donors (Lipinski definition) is 0. The minimum Gasteiger partial charge on any atom is -0.298 e. The molecule has 0 amide bonds. The summed E-state index contributed by atoms with van der Waals surface area (Å²) in [6.07, 6.45) is 0.564. The van der Waals surface area contributed by atoms with E-state index in [0.29, 0.717) is 18.7 Å². The van der Waals surface area contributed by atoms with Gasteiger partial charge in [0.15, 0.2) is 5.78 Å². The van der Waals surface area contributed by atoms with Crippen molar-refractivity contribution >= 4 is 5.78 Å². The van der Waals surface area contributed by atoms with Crippen molar-refractivity contribution in [2.75, 3.05) is 19.6 Å². The number of ketones is 1. The molecular formula is C15H23NO. The number of carbonyl (C=O) groups excluding carboxylic acids is 1. The number of likely N-dealkylation sites (N-methyl/N-ethyl adjacent to an activating group) is 1. The number of Topliss-reactive ketones (excluding diaryl/α,β-unsaturated/α-hetero) is 1. The number of benzene rings is 1. The van der Waals surface area contributed by atoms with Gasteiger partial charge in [0.05, 0.1) is 6.54 Å². The van der Waals surface area contributed by atoms with Crippen LogP contribution in [0.4, 0.5) is 0 Å². The second-order valence-corrected chi connectivity index (χ2v) is 4.55. The highest BCUT2D eigenvalue weighted by molar-refractivity contribution is 5.83. The van der Waals surface area contributed by atoms with Crippen LogP contribution in [0.1, 0.15) is 30.5 Å². The van der Waals surface area contributed by atoms with Gasteiger partial charge < -0.3 is 0 Å². The SMILES string of the molecule is CCN(CC)CC(=O)Cc1c(C)cccc1C. The Morgan fingerprint density at radius 3 is 2.12 bits per heavy atom. The van der Waals surface area contributed by atoms with Gasteiger partial charge in [-0.3, -0.25) is 9.69 Å². The van der Waals surface area contributed by atoms with Crippen LogP contribution < -0.4 is 0 Å². The molecule has 1 aromatic rings. The smallest absolute Gasteiger partial charge is 0.151 e. The van der Waals surface area contributed by atoms with E-state index in [-0.39, 0.29) is 0 Å². The summed E-state index contributed by atoms with van der Waals surface area (Å²) in [5, 5.41) is 0. The summed E-state index contributed by atoms with van der Waals surface area (Å²) >= 11 is 0. The molecule has 1 aromatic carbocycles. The second-order valence-electron chi connectivity index (χ2n) is 4.55. The summed E-state index contributed by atoms with van der Waals surface area (Å²) in [5.41, 5.74) is 3.64. The summed E-state index contributed by atoms with van der Waals surface area (Å²) in [6.45, 7) is 10.8. The van der Waals surface area contributed by atoms with E-state index in [0.717, 1.165) is 13.1 Å². The average Bonchev–Trinajstić information content (AvgIpc) is 2.31. The van der Waals surface area contributed by atoms with Crippen LogP contribution in [-0.2, 0) is 11.2 Å². The van der Waals surface area contributed by atoms with E-state index < -0.39 is 0 Å². The molecule has 0 aliphatic carbocycles. The summed E-state index contributed by atoms with van der Waals surface area (Å²) in [6, 6.07) is 6.20. The summed E-state index contributed by atoms with van der Waals surface area (Å²) in [4.78, 5) is 14.2. The fourth-order valence-electron chi connectivity index (χ4n) is 2.08. The van der Waals surface area contributed by atoms with Gasteiger partial charge in [-0.05, 0) is 43.6 Å². The van der Waals surface area contributed by atoms with Crippen molar-refractivity contribution in [2.24, 2.45) is 0 Å². The highest BCUT2D eigenvalue weighted by Crippen LogP contribution is 2.14. The molecular weight excluding hydrogens is 210 g/mol. The fourth-order valence-corrected chi connectivity index (χ4v) is 2.08. The molecule has 0 fully saturated rings. The molecule has 0 N–H and O–H groups in total. The van der Waals surface area contributed by atoms with Crippen molar-refractivity contribution < 1.29 is 4.79 Å². The molecule has 0 atom stereocenters. The van der Waals surface area contributed by atoms with Gasteiger partial charge in [-0.25, -0.2) is 0 Å². The lowest BCUT2D eigenvalue weighted by atomic mass is 9.98. The summed E-state index contributed by atoms with van der Waals surface area (Å²) < 4.78 is 0. The van der Waals surface area contributed by atoms with E-state index in [1.54, 1.807) is 0 Å². The molecule has 0 unspecified atom stereocenters. The maximum Gasteiger partial charge on any atom is 0.151 e. The van der Waals surface area contributed by atoms with Gasteiger partial charge >= 0.3 is 0 Å². The van der Waals surface area contributed by atoms with Gasteiger partial charge in [-0.1, -0.05) is 32.0 Å². The van der Waals surface area contributed by atoms with Crippen molar-refractivity contribution in [1.82, 2.24) is 4.90 Å². The molecule has 0 radical (unpaired) electrons.